The standard InChI is InChI=1S/C17H19NO3.ClHO4/c1-18(2)12-16-17(19,13-8-4-3-5-9-13)21-15-11-7-6-10-14(15)20-16;2-1(3,4)5/h3-11,16,19H,12H2,1-2H3;(H,2,3,4,5). The summed E-state index contributed by atoms with van der Waals surface area (Å²) in [5.74, 6) is -0.288. The van der Waals surface area contributed by atoms with Crippen molar-refractivity contribution in [3.05, 3.63) is 60.2 Å². The summed E-state index contributed by atoms with van der Waals surface area (Å²) in [4.78, 5) is 1.97. The minimum atomic E-state index is -4.69. The summed E-state index contributed by atoms with van der Waals surface area (Å²) in [6.45, 7) is 0.541. The zero-order chi connectivity index (χ0) is 19.4. The predicted molar refractivity (Wildman–Crippen MR) is 82.6 cm³/mol. The summed E-state index contributed by atoms with van der Waals surface area (Å²) in [7, 11) is -0.815. The van der Waals surface area contributed by atoms with Gasteiger partial charge in [-0.05, 0) is 26.2 Å². The third kappa shape index (κ3) is 5.55. The molecule has 8 nitrogen and oxygen atoms in total. The van der Waals surface area contributed by atoms with Gasteiger partial charge in [0.25, 0.3) is 5.79 Å². The van der Waals surface area contributed by atoms with Crippen LogP contribution in [-0.2, 0) is 5.79 Å². The Bertz CT molecular complexity index is 702. The lowest BCUT2D eigenvalue weighted by Gasteiger charge is -2.41. The first-order valence-corrected chi connectivity index (χ1v) is 8.86. The second kappa shape index (κ2) is 8.19. The van der Waals surface area contributed by atoms with Crippen molar-refractivity contribution in [1.82, 2.24) is 4.90 Å². The quantitative estimate of drug-likeness (QED) is 0.627. The van der Waals surface area contributed by atoms with Gasteiger partial charge in [-0.25, -0.2) is 0 Å². The monoisotopic (exact) mass is 385 g/mol. The van der Waals surface area contributed by atoms with Gasteiger partial charge in [0.15, 0.2) is 17.6 Å². The average molecular weight is 386 g/mol. The van der Waals surface area contributed by atoms with E-state index in [4.69, 9.17) is 28.1 Å². The van der Waals surface area contributed by atoms with Gasteiger partial charge in [-0.15, -0.1) is 0 Å². The summed E-state index contributed by atoms with van der Waals surface area (Å²) >= 11 is 0. The van der Waals surface area contributed by atoms with Gasteiger partial charge in [-0.2, -0.15) is 14.0 Å². The maximum absolute atomic E-state index is 11.1. The molecule has 0 saturated heterocycles. The van der Waals surface area contributed by atoms with Crippen LogP contribution in [0.3, 0.4) is 0 Å². The van der Waals surface area contributed by atoms with Crippen molar-refractivity contribution in [2.24, 2.45) is 0 Å². The highest BCUT2D eigenvalue weighted by atomic mass is 35.7. The van der Waals surface area contributed by atoms with Gasteiger partial charge in [0.2, 0.25) is 0 Å². The molecule has 2 unspecified atom stereocenters. The fraction of sp³-hybridized carbons (Fsp3) is 0.294. The number of halogens is 1. The molecule has 1 aliphatic heterocycles. The second-order valence-corrected chi connectivity index (χ2v) is 6.67. The van der Waals surface area contributed by atoms with E-state index in [9.17, 15) is 5.11 Å². The Morgan fingerprint density at radius 1 is 1.00 bits per heavy atom. The molecule has 2 aromatic rings. The van der Waals surface area contributed by atoms with Crippen molar-refractivity contribution >= 4 is 0 Å². The van der Waals surface area contributed by atoms with Crippen LogP contribution in [0.25, 0.3) is 0 Å². The molecular formula is C17H20ClNO7. The number of para-hydroxylation sites is 2. The van der Waals surface area contributed by atoms with Crippen molar-refractivity contribution < 1.29 is 43.5 Å². The maximum atomic E-state index is 11.1. The molecular weight excluding hydrogens is 366 g/mol. The Labute approximate surface area is 153 Å². The van der Waals surface area contributed by atoms with Crippen LogP contribution >= 0.6 is 0 Å². The normalized spacial score (nSPS) is 21.8. The van der Waals surface area contributed by atoms with E-state index < -0.39 is 22.1 Å². The van der Waals surface area contributed by atoms with Crippen molar-refractivity contribution in [3.63, 3.8) is 0 Å². The lowest BCUT2D eigenvalue weighted by Crippen LogP contribution is -2.58. The summed E-state index contributed by atoms with van der Waals surface area (Å²) in [5.41, 5.74) is 0.686. The van der Waals surface area contributed by atoms with Crippen molar-refractivity contribution in [1.29, 1.82) is 0 Å². The molecule has 2 aromatic carbocycles. The molecule has 2 N–H and O–H groups in total. The van der Waals surface area contributed by atoms with Crippen LogP contribution in [0.5, 0.6) is 11.5 Å². The number of likely N-dealkylation sites (N-methyl/N-ethyl adjacent to an activating group) is 1. The van der Waals surface area contributed by atoms with Gasteiger partial charge >= 0.3 is 0 Å². The molecule has 9 heteroatoms. The minimum Gasteiger partial charge on any atom is -0.478 e. The first-order valence-electron chi connectivity index (χ1n) is 7.60. The molecule has 1 heterocycles. The number of aliphatic hydroxyl groups is 1. The Morgan fingerprint density at radius 2 is 1.50 bits per heavy atom. The smallest absolute Gasteiger partial charge is 0.273 e. The highest BCUT2D eigenvalue weighted by Gasteiger charge is 2.47. The van der Waals surface area contributed by atoms with E-state index in [2.05, 4.69) is 0 Å². The van der Waals surface area contributed by atoms with E-state index in [1.54, 1.807) is 6.07 Å². The Hall–Kier alpha value is -1.91. The van der Waals surface area contributed by atoms with Gasteiger partial charge in [0.1, 0.15) is 0 Å². The third-order valence-corrected chi connectivity index (χ3v) is 3.54. The third-order valence-electron chi connectivity index (χ3n) is 3.54. The molecule has 0 fully saturated rings. The molecule has 0 saturated carbocycles. The van der Waals surface area contributed by atoms with Gasteiger partial charge in [-0.3, -0.25) is 0 Å². The molecule has 26 heavy (non-hydrogen) atoms. The molecule has 0 bridgehead atoms. The zero-order valence-electron chi connectivity index (χ0n) is 14.2. The van der Waals surface area contributed by atoms with Gasteiger partial charge in [-0.1, -0.05) is 42.5 Å². The van der Waals surface area contributed by atoms with Crippen molar-refractivity contribution in [3.8, 4) is 11.5 Å². The van der Waals surface area contributed by atoms with E-state index >= 15 is 0 Å². The number of fused-ring (bicyclic) bond motifs is 1. The predicted octanol–water partition coefficient (Wildman–Crippen LogP) is -1.89. The molecule has 0 radical (unpaired) electrons. The van der Waals surface area contributed by atoms with Crippen LogP contribution in [0.2, 0.25) is 0 Å². The van der Waals surface area contributed by atoms with E-state index in [1.807, 2.05) is 67.5 Å². The van der Waals surface area contributed by atoms with Gasteiger partial charge < -0.3 is 19.5 Å². The van der Waals surface area contributed by atoms with Gasteiger partial charge in [0.05, 0.1) is 14.9 Å². The minimum absolute atomic E-state index is 0.509. The number of hydrogen-bond acceptors (Lipinski definition) is 8. The van der Waals surface area contributed by atoms with Crippen LogP contribution in [0.15, 0.2) is 54.6 Å². The lowest BCUT2D eigenvalue weighted by atomic mass is 9.98. The summed E-state index contributed by atoms with van der Waals surface area (Å²) in [6.07, 6.45) is -0.509. The van der Waals surface area contributed by atoms with Crippen LogP contribution in [0.1, 0.15) is 5.56 Å². The molecule has 3 rings (SSSR count). The Balaban J connectivity index is 0.000000431. The number of hydrogen-bond donors (Lipinski definition) is 2. The Kier molecular flexibility index (Phi) is 6.43. The summed E-state index contributed by atoms with van der Waals surface area (Å²) < 4.78 is 44.6. The highest BCUT2D eigenvalue weighted by molar-refractivity contribution is 5.43. The van der Waals surface area contributed by atoms with E-state index in [0.29, 0.717) is 23.6 Å². The summed E-state index contributed by atoms with van der Waals surface area (Å²) in [5, 5.41) is 11.1. The molecule has 1 aliphatic rings. The molecule has 0 aromatic heterocycles. The largest absolute Gasteiger partial charge is 0.478 e. The van der Waals surface area contributed by atoms with Crippen molar-refractivity contribution in [2.45, 2.75) is 11.9 Å². The van der Waals surface area contributed by atoms with Crippen LogP contribution < -0.4 is 23.5 Å². The van der Waals surface area contributed by atoms with E-state index in [1.165, 1.54) is 0 Å². The number of nitrogens with zero attached hydrogens (tertiary/aromatic N) is 1. The van der Waals surface area contributed by atoms with E-state index in [-0.39, 0.29) is 0 Å². The van der Waals surface area contributed by atoms with Crippen molar-refractivity contribution in [2.75, 3.05) is 20.6 Å². The van der Waals surface area contributed by atoms with Gasteiger partial charge in [0, 0.05) is 12.1 Å². The fourth-order valence-corrected chi connectivity index (χ4v) is 2.51. The van der Waals surface area contributed by atoms with Crippen LogP contribution in [-0.4, -0.2) is 41.4 Å². The average Bonchev–Trinajstić information content (AvgIpc) is 2.54. The molecule has 0 aliphatic carbocycles. The molecule has 0 spiro atoms. The van der Waals surface area contributed by atoms with Crippen LogP contribution in [0.4, 0.5) is 0 Å². The topological polar surface area (TPSA) is 131 Å². The highest BCUT2D eigenvalue weighted by Crippen LogP contribution is 2.41. The SMILES string of the molecule is CN(C)CC1Oc2ccccc2OC1(O)c1ccccc1.[O-][Cl+3]([O-])([O-])O. The maximum Gasteiger partial charge on any atom is 0.273 e. The first-order chi connectivity index (χ1) is 12.1. The fourth-order valence-electron chi connectivity index (χ4n) is 2.51. The number of benzene rings is 2. The first kappa shape index (κ1) is 20.4. The number of rotatable bonds is 3. The number of ether oxygens (including phenoxy) is 2. The second-order valence-electron chi connectivity index (χ2n) is 5.88. The summed E-state index contributed by atoms with van der Waals surface area (Å²) in [6, 6.07) is 16.8. The molecule has 2 atom stereocenters. The molecule has 0 amide bonds. The molecule has 142 valence electrons. The van der Waals surface area contributed by atoms with E-state index in [0.717, 1.165) is 0 Å². The van der Waals surface area contributed by atoms with Crippen LogP contribution in [0, 0.1) is 10.2 Å². The lowest BCUT2D eigenvalue weighted by molar-refractivity contribution is -1.92. The Morgan fingerprint density at radius 3 is 2.04 bits per heavy atom. The zero-order valence-corrected chi connectivity index (χ0v) is 15.0.